The highest BCUT2D eigenvalue weighted by Crippen LogP contribution is 2.34. The highest BCUT2D eigenvalue weighted by atomic mass is 19.4. The maximum absolute atomic E-state index is 13.2. The summed E-state index contributed by atoms with van der Waals surface area (Å²) in [7, 11) is 4.00. The minimum atomic E-state index is -4.55. The second-order valence-corrected chi connectivity index (χ2v) is 6.94. The van der Waals surface area contributed by atoms with Crippen LogP contribution in [0.4, 0.5) is 13.2 Å². The molecule has 0 aliphatic rings. The molecule has 0 unspecified atom stereocenters. The predicted molar refractivity (Wildman–Crippen MR) is 104 cm³/mol. The molecule has 0 N–H and O–H groups in total. The van der Waals surface area contributed by atoms with E-state index in [9.17, 15) is 22.8 Å². The van der Waals surface area contributed by atoms with Crippen LogP contribution in [0.2, 0.25) is 0 Å². The van der Waals surface area contributed by atoms with Gasteiger partial charge in [-0.05, 0) is 24.2 Å². The van der Waals surface area contributed by atoms with E-state index in [-0.39, 0.29) is 12.1 Å². The van der Waals surface area contributed by atoms with E-state index < -0.39 is 35.5 Å². The molecule has 0 spiro atoms. The Hall–Kier alpha value is -2.87. The Morgan fingerprint density at radius 3 is 2.10 bits per heavy atom. The van der Waals surface area contributed by atoms with Crippen molar-refractivity contribution in [2.45, 2.75) is 18.6 Å². The van der Waals surface area contributed by atoms with Crippen LogP contribution >= 0.6 is 0 Å². The molecule has 0 fully saturated rings. The quantitative estimate of drug-likeness (QED) is 0.476. The highest BCUT2D eigenvalue weighted by Gasteiger charge is 2.39. The van der Waals surface area contributed by atoms with Gasteiger partial charge in [0.25, 0.3) is 0 Å². The molecule has 0 bridgehead atoms. The zero-order valence-corrected chi connectivity index (χ0v) is 17.0. The van der Waals surface area contributed by atoms with Crippen molar-refractivity contribution < 1.29 is 32.2 Å². The van der Waals surface area contributed by atoms with Crippen LogP contribution in [0.3, 0.4) is 0 Å². The standard InChI is InChI=1S/C22H24F3NO4/c1-26(13-15-8-5-4-6-9-15)14-18(19(20(27)29-2)21(28)30-3)16-10-7-11-17(12-16)22(23,24)25/h4-12,18-19H,13-14H2,1-3H3/t18-/m1/s1. The predicted octanol–water partition coefficient (Wildman–Crippen LogP) is 3.88. The number of carbonyl (C=O) groups is 2. The number of ether oxygens (including phenoxy) is 2. The summed E-state index contributed by atoms with van der Waals surface area (Å²) in [5.74, 6) is -4.03. The van der Waals surface area contributed by atoms with Gasteiger partial charge in [-0.25, -0.2) is 0 Å². The third-order valence-corrected chi connectivity index (χ3v) is 4.76. The Morgan fingerprint density at radius 2 is 1.57 bits per heavy atom. The van der Waals surface area contributed by atoms with Gasteiger partial charge in [0.15, 0.2) is 5.92 Å². The van der Waals surface area contributed by atoms with E-state index in [1.807, 2.05) is 35.2 Å². The first-order chi connectivity index (χ1) is 14.2. The van der Waals surface area contributed by atoms with E-state index in [0.717, 1.165) is 31.9 Å². The van der Waals surface area contributed by atoms with E-state index in [0.29, 0.717) is 6.54 Å². The zero-order valence-electron chi connectivity index (χ0n) is 17.0. The number of carbonyl (C=O) groups excluding carboxylic acids is 2. The lowest BCUT2D eigenvalue weighted by Crippen LogP contribution is -2.38. The average molecular weight is 423 g/mol. The Labute approximate surface area is 173 Å². The van der Waals surface area contributed by atoms with Crippen molar-refractivity contribution in [3.8, 4) is 0 Å². The van der Waals surface area contributed by atoms with Gasteiger partial charge in [0.1, 0.15) is 0 Å². The molecule has 0 radical (unpaired) electrons. The third-order valence-electron chi connectivity index (χ3n) is 4.76. The molecule has 0 saturated heterocycles. The van der Waals surface area contributed by atoms with Gasteiger partial charge < -0.3 is 14.4 Å². The Balaban J connectivity index is 2.43. The fourth-order valence-corrected chi connectivity index (χ4v) is 3.32. The zero-order chi connectivity index (χ0) is 22.3. The fraction of sp³-hybridized carbons (Fsp3) is 0.364. The summed E-state index contributed by atoms with van der Waals surface area (Å²) in [4.78, 5) is 26.6. The molecule has 2 rings (SSSR count). The van der Waals surface area contributed by atoms with Gasteiger partial charge in [0.2, 0.25) is 0 Å². The number of hydrogen-bond acceptors (Lipinski definition) is 5. The monoisotopic (exact) mass is 423 g/mol. The molecule has 2 aromatic carbocycles. The normalized spacial score (nSPS) is 12.7. The molecule has 2 aromatic rings. The van der Waals surface area contributed by atoms with Crippen LogP contribution in [0.1, 0.15) is 22.6 Å². The lowest BCUT2D eigenvalue weighted by Gasteiger charge is -2.29. The van der Waals surface area contributed by atoms with Crippen LogP contribution in [0.5, 0.6) is 0 Å². The molecule has 0 saturated carbocycles. The number of esters is 2. The number of rotatable bonds is 8. The van der Waals surface area contributed by atoms with Crippen LogP contribution in [-0.4, -0.2) is 44.7 Å². The summed E-state index contributed by atoms with van der Waals surface area (Å²) in [5.41, 5.74) is 0.324. The molecule has 0 aliphatic carbocycles. The molecular formula is C22H24F3NO4. The van der Waals surface area contributed by atoms with Crippen LogP contribution < -0.4 is 0 Å². The number of halogens is 3. The van der Waals surface area contributed by atoms with Gasteiger partial charge in [-0.15, -0.1) is 0 Å². The molecule has 162 valence electrons. The molecule has 30 heavy (non-hydrogen) atoms. The van der Waals surface area contributed by atoms with Gasteiger partial charge >= 0.3 is 18.1 Å². The summed E-state index contributed by atoms with van der Waals surface area (Å²) in [6.45, 7) is 0.608. The highest BCUT2D eigenvalue weighted by molar-refractivity contribution is 5.96. The van der Waals surface area contributed by atoms with Gasteiger partial charge in [-0.2, -0.15) is 13.2 Å². The minimum Gasteiger partial charge on any atom is -0.468 e. The minimum absolute atomic E-state index is 0.130. The van der Waals surface area contributed by atoms with Crippen LogP contribution in [-0.2, 0) is 31.8 Å². The SMILES string of the molecule is COC(=O)C(C(=O)OC)[C@H](CN(C)Cc1ccccc1)c1cccc(C(F)(F)F)c1. The first-order valence-electron chi connectivity index (χ1n) is 9.22. The average Bonchev–Trinajstić information content (AvgIpc) is 2.73. The summed E-state index contributed by atoms with van der Waals surface area (Å²) >= 11 is 0. The molecule has 5 nitrogen and oxygen atoms in total. The van der Waals surface area contributed by atoms with Gasteiger partial charge in [-0.1, -0.05) is 48.5 Å². The molecule has 0 aromatic heterocycles. The maximum atomic E-state index is 13.2. The first-order valence-corrected chi connectivity index (χ1v) is 9.22. The molecule has 1 atom stereocenters. The molecule has 0 aliphatic heterocycles. The fourth-order valence-electron chi connectivity index (χ4n) is 3.32. The first kappa shape index (κ1) is 23.4. The summed E-state index contributed by atoms with van der Waals surface area (Å²) in [5, 5.41) is 0. The summed E-state index contributed by atoms with van der Waals surface area (Å²) < 4.78 is 49.2. The Morgan fingerprint density at radius 1 is 0.967 bits per heavy atom. The van der Waals surface area contributed by atoms with Crippen LogP contribution in [0.15, 0.2) is 54.6 Å². The van der Waals surface area contributed by atoms with Gasteiger partial charge in [0.05, 0.1) is 19.8 Å². The van der Waals surface area contributed by atoms with E-state index in [1.165, 1.54) is 12.1 Å². The number of alkyl halides is 3. The van der Waals surface area contributed by atoms with Crippen molar-refractivity contribution in [3.63, 3.8) is 0 Å². The van der Waals surface area contributed by atoms with E-state index in [1.54, 1.807) is 7.05 Å². The number of hydrogen-bond donors (Lipinski definition) is 0. The number of methoxy groups -OCH3 is 2. The van der Waals surface area contributed by atoms with Crippen LogP contribution in [0, 0.1) is 5.92 Å². The topological polar surface area (TPSA) is 55.8 Å². The van der Waals surface area contributed by atoms with Crippen molar-refractivity contribution in [2.75, 3.05) is 27.8 Å². The molecule has 8 heteroatoms. The third kappa shape index (κ3) is 6.06. The van der Waals surface area contributed by atoms with Crippen molar-refractivity contribution in [3.05, 3.63) is 71.3 Å². The Bertz CT molecular complexity index is 839. The lowest BCUT2D eigenvalue weighted by atomic mass is 9.84. The molecule has 0 amide bonds. The van der Waals surface area contributed by atoms with Crippen molar-refractivity contribution in [1.82, 2.24) is 4.90 Å². The second kappa shape index (κ2) is 10.2. The maximum Gasteiger partial charge on any atom is 0.416 e. The van der Waals surface area contributed by atoms with Crippen LogP contribution in [0.25, 0.3) is 0 Å². The summed E-state index contributed by atoms with van der Waals surface area (Å²) in [6.07, 6.45) is -4.55. The lowest BCUT2D eigenvalue weighted by molar-refractivity contribution is -0.160. The van der Waals surface area contributed by atoms with E-state index >= 15 is 0 Å². The molecular weight excluding hydrogens is 399 g/mol. The second-order valence-electron chi connectivity index (χ2n) is 6.94. The number of nitrogens with zero attached hydrogens (tertiary/aromatic N) is 1. The van der Waals surface area contributed by atoms with Crippen molar-refractivity contribution in [2.24, 2.45) is 5.92 Å². The van der Waals surface area contributed by atoms with Gasteiger partial charge in [0, 0.05) is 19.0 Å². The smallest absolute Gasteiger partial charge is 0.416 e. The summed E-state index contributed by atoms with van der Waals surface area (Å²) in [6, 6.07) is 14.1. The van der Waals surface area contributed by atoms with E-state index in [4.69, 9.17) is 9.47 Å². The van der Waals surface area contributed by atoms with E-state index in [2.05, 4.69) is 0 Å². The Kier molecular flexibility index (Phi) is 8.00. The molecule has 0 heterocycles. The number of likely N-dealkylation sites (N-methyl/N-ethyl adjacent to an activating group) is 1. The van der Waals surface area contributed by atoms with Crippen molar-refractivity contribution >= 4 is 11.9 Å². The number of benzene rings is 2. The van der Waals surface area contributed by atoms with Gasteiger partial charge in [-0.3, -0.25) is 9.59 Å². The largest absolute Gasteiger partial charge is 0.468 e. The van der Waals surface area contributed by atoms with Crippen molar-refractivity contribution in [1.29, 1.82) is 0 Å².